The molecule has 0 spiro atoms. The maximum Gasteiger partial charge on any atom is 0.328 e. The van der Waals surface area contributed by atoms with Crippen molar-refractivity contribution in [2.45, 2.75) is 24.9 Å². The molecule has 9 nitrogen and oxygen atoms in total. The maximum absolute atomic E-state index is 12.2. The van der Waals surface area contributed by atoms with Crippen LogP contribution in [-0.2, 0) is 4.79 Å². The van der Waals surface area contributed by atoms with Gasteiger partial charge >= 0.3 is 6.01 Å². The van der Waals surface area contributed by atoms with Gasteiger partial charge in [0.15, 0.2) is 11.0 Å². The van der Waals surface area contributed by atoms with Crippen LogP contribution in [0, 0.1) is 6.92 Å². The molecule has 3 aromatic rings. The normalized spacial score (nSPS) is 13.9. The molecule has 0 radical (unpaired) electrons. The van der Waals surface area contributed by atoms with E-state index in [9.17, 15) is 4.79 Å². The average Bonchev–Trinajstić information content (AvgIpc) is 3.40. The lowest BCUT2D eigenvalue weighted by atomic mass is 10.3. The molecule has 3 heterocycles. The molecule has 1 aliphatic rings. The molecule has 1 N–H and O–H groups in total. The summed E-state index contributed by atoms with van der Waals surface area (Å²) in [6.07, 6.45) is 2.24. The monoisotopic (exact) mass is 419 g/mol. The first-order valence-electron chi connectivity index (χ1n) is 8.79. The van der Waals surface area contributed by atoms with Gasteiger partial charge in [-0.15, -0.1) is 10.2 Å². The second-order valence-corrected chi connectivity index (χ2v) is 7.65. The number of benzene rings is 1. The molecule has 1 aliphatic heterocycles. The first-order chi connectivity index (χ1) is 13.6. The topological polar surface area (TPSA) is 102 Å². The summed E-state index contributed by atoms with van der Waals surface area (Å²) in [5, 5.41) is 16.1. The van der Waals surface area contributed by atoms with Crippen LogP contribution in [0.2, 0.25) is 5.02 Å². The van der Waals surface area contributed by atoms with Gasteiger partial charge in [-0.2, -0.15) is 4.98 Å². The van der Waals surface area contributed by atoms with E-state index < -0.39 is 0 Å². The van der Waals surface area contributed by atoms with Crippen molar-refractivity contribution in [1.82, 2.24) is 24.9 Å². The fourth-order valence-corrected chi connectivity index (χ4v) is 3.88. The number of anilines is 2. The van der Waals surface area contributed by atoms with E-state index in [1.165, 1.54) is 11.8 Å². The van der Waals surface area contributed by atoms with Crippen LogP contribution in [0.4, 0.5) is 12.0 Å². The molecule has 0 unspecified atom stereocenters. The van der Waals surface area contributed by atoms with Gasteiger partial charge < -0.3 is 9.42 Å². The van der Waals surface area contributed by atoms with Crippen LogP contribution < -0.4 is 10.2 Å². The summed E-state index contributed by atoms with van der Waals surface area (Å²) < 4.78 is 6.84. The number of aryl methyl sites for hydroxylation is 1. The highest BCUT2D eigenvalue weighted by Gasteiger charge is 2.23. The Morgan fingerprint density at radius 2 is 2.14 bits per heavy atom. The minimum atomic E-state index is -0.267. The number of aromatic nitrogens is 5. The maximum atomic E-state index is 12.2. The zero-order chi connectivity index (χ0) is 19.5. The number of rotatable bonds is 6. The van der Waals surface area contributed by atoms with E-state index in [1.54, 1.807) is 6.92 Å². The van der Waals surface area contributed by atoms with Crippen molar-refractivity contribution in [3.05, 3.63) is 35.1 Å². The number of nitrogens with zero attached hydrogens (tertiary/aromatic N) is 6. The highest BCUT2D eigenvalue weighted by atomic mass is 35.5. The molecule has 0 bridgehead atoms. The molecule has 146 valence electrons. The molecule has 11 heteroatoms. The third-order valence-corrected chi connectivity index (χ3v) is 5.34. The second-order valence-electron chi connectivity index (χ2n) is 6.28. The van der Waals surface area contributed by atoms with Crippen LogP contribution in [0.1, 0.15) is 18.7 Å². The average molecular weight is 420 g/mol. The van der Waals surface area contributed by atoms with Crippen LogP contribution in [0.15, 0.2) is 33.9 Å². The van der Waals surface area contributed by atoms with Crippen LogP contribution in [0.3, 0.4) is 0 Å². The molecule has 4 rings (SSSR count). The Kier molecular flexibility index (Phi) is 5.49. The molecule has 2 aromatic heterocycles. The number of amides is 1. The molecule has 0 saturated carbocycles. The van der Waals surface area contributed by atoms with Crippen molar-refractivity contribution >= 4 is 41.2 Å². The second kappa shape index (κ2) is 8.19. The Morgan fingerprint density at radius 1 is 1.32 bits per heavy atom. The van der Waals surface area contributed by atoms with E-state index in [4.69, 9.17) is 16.1 Å². The standard InChI is InChI=1S/C17H18ClN7O2S/c1-11-19-15(27-23-11)20-14(26)10-28-17-22-21-16(24-7-2-3-8-24)25(17)13-6-4-5-12(18)9-13/h4-6,9H,2-3,7-8,10H2,1H3,(H,19,20,23,26). The zero-order valence-corrected chi connectivity index (χ0v) is 16.7. The minimum absolute atomic E-state index is 0.0807. The summed E-state index contributed by atoms with van der Waals surface area (Å²) in [4.78, 5) is 18.4. The van der Waals surface area contributed by atoms with Crippen molar-refractivity contribution in [3.63, 3.8) is 0 Å². The highest BCUT2D eigenvalue weighted by Crippen LogP contribution is 2.29. The Balaban J connectivity index is 1.55. The number of hydrogen-bond donors (Lipinski definition) is 1. The van der Waals surface area contributed by atoms with Gasteiger partial charge in [0.2, 0.25) is 11.9 Å². The first kappa shape index (κ1) is 18.8. The van der Waals surface area contributed by atoms with Crippen LogP contribution in [0.25, 0.3) is 5.69 Å². The third-order valence-electron chi connectivity index (χ3n) is 4.18. The van der Waals surface area contributed by atoms with E-state index >= 15 is 0 Å². The summed E-state index contributed by atoms with van der Waals surface area (Å²) >= 11 is 7.46. The van der Waals surface area contributed by atoms with E-state index in [0.717, 1.165) is 37.6 Å². The molecule has 1 aromatic carbocycles. The lowest BCUT2D eigenvalue weighted by Gasteiger charge is -2.18. The summed E-state index contributed by atoms with van der Waals surface area (Å²) in [7, 11) is 0. The highest BCUT2D eigenvalue weighted by molar-refractivity contribution is 7.99. The van der Waals surface area contributed by atoms with Gasteiger partial charge in [-0.25, -0.2) is 0 Å². The lowest BCUT2D eigenvalue weighted by Crippen LogP contribution is -2.22. The summed E-state index contributed by atoms with van der Waals surface area (Å²) in [6.45, 7) is 3.54. The van der Waals surface area contributed by atoms with Crippen molar-refractivity contribution in [3.8, 4) is 5.69 Å². The Hall–Kier alpha value is -2.59. The van der Waals surface area contributed by atoms with Crippen LogP contribution in [0.5, 0.6) is 0 Å². The van der Waals surface area contributed by atoms with Gasteiger partial charge in [-0.3, -0.25) is 14.7 Å². The number of nitrogens with one attached hydrogen (secondary N) is 1. The molecule has 28 heavy (non-hydrogen) atoms. The number of thioether (sulfide) groups is 1. The van der Waals surface area contributed by atoms with Gasteiger partial charge in [0.05, 0.1) is 11.4 Å². The molecule has 1 saturated heterocycles. The molecular weight excluding hydrogens is 402 g/mol. The minimum Gasteiger partial charge on any atom is -0.341 e. The molecule has 0 aliphatic carbocycles. The molecule has 1 fully saturated rings. The van der Waals surface area contributed by atoms with E-state index in [-0.39, 0.29) is 17.7 Å². The van der Waals surface area contributed by atoms with Crippen molar-refractivity contribution in [2.75, 3.05) is 29.1 Å². The summed E-state index contributed by atoms with van der Waals surface area (Å²) in [5.41, 5.74) is 0.856. The van der Waals surface area contributed by atoms with E-state index in [2.05, 4.69) is 30.6 Å². The number of carbonyl (C=O) groups is 1. The fraction of sp³-hybridized carbons (Fsp3) is 0.353. The quantitative estimate of drug-likeness (QED) is 0.608. The van der Waals surface area contributed by atoms with Crippen molar-refractivity contribution < 1.29 is 9.32 Å². The number of carbonyl (C=O) groups excluding carboxylic acids is 1. The molecular formula is C17H18ClN7O2S. The van der Waals surface area contributed by atoms with E-state index in [1.807, 2.05) is 28.8 Å². The molecule has 0 atom stereocenters. The van der Waals surface area contributed by atoms with Crippen LogP contribution >= 0.6 is 23.4 Å². The van der Waals surface area contributed by atoms with Gasteiger partial charge in [0.1, 0.15) is 0 Å². The van der Waals surface area contributed by atoms with E-state index in [0.29, 0.717) is 16.0 Å². The Morgan fingerprint density at radius 3 is 2.86 bits per heavy atom. The van der Waals surface area contributed by atoms with Gasteiger partial charge in [0, 0.05) is 18.1 Å². The zero-order valence-electron chi connectivity index (χ0n) is 15.1. The summed E-state index contributed by atoms with van der Waals surface area (Å²) in [5.74, 6) is 1.08. The number of hydrogen-bond acceptors (Lipinski definition) is 8. The summed E-state index contributed by atoms with van der Waals surface area (Å²) in [6, 6.07) is 7.58. The predicted octanol–water partition coefficient (Wildman–Crippen LogP) is 2.94. The SMILES string of the molecule is Cc1noc(NC(=O)CSc2nnc(N3CCCC3)n2-c2cccc(Cl)c2)n1. The van der Waals surface area contributed by atoms with Gasteiger partial charge in [0.25, 0.3) is 0 Å². The predicted molar refractivity (Wildman–Crippen MR) is 106 cm³/mol. The van der Waals surface area contributed by atoms with Gasteiger partial charge in [-0.05, 0) is 38.0 Å². The van der Waals surface area contributed by atoms with Crippen LogP contribution in [-0.4, -0.2) is 49.7 Å². The largest absolute Gasteiger partial charge is 0.341 e. The molecule has 1 amide bonds. The van der Waals surface area contributed by atoms with Gasteiger partial charge in [-0.1, -0.05) is 34.6 Å². The van der Waals surface area contributed by atoms with Crippen molar-refractivity contribution in [1.29, 1.82) is 0 Å². The fourth-order valence-electron chi connectivity index (χ4n) is 2.95. The lowest BCUT2D eigenvalue weighted by molar-refractivity contribution is -0.114. The number of halogens is 1. The van der Waals surface area contributed by atoms with Crippen molar-refractivity contribution in [2.24, 2.45) is 0 Å². The smallest absolute Gasteiger partial charge is 0.328 e. The Bertz CT molecular complexity index is 984. The first-order valence-corrected chi connectivity index (χ1v) is 10.2. The third kappa shape index (κ3) is 4.12. The Labute approximate surface area is 170 Å².